The van der Waals surface area contributed by atoms with E-state index in [9.17, 15) is 0 Å². The van der Waals surface area contributed by atoms with Crippen LogP contribution in [-0.2, 0) is 5.54 Å². The Bertz CT molecular complexity index is 526. The highest BCUT2D eigenvalue weighted by Gasteiger charge is 2.25. The zero-order valence-corrected chi connectivity index (χ0v) is 11.2. The van der Waals surface area contributed by atoms with Gasteiger partial charge in [-0.05, 0) is 41.5 Å². The summed E-state index contributed by atoms with van der Waals surface area (Å²) in [5.74, 6) is 2.36. The lowest BCUT2D eigenvalue weighted by Crippen LogP contribution is -2.24. The van der Waals surface area contributed by atoms with E-state index in [1.165, 1.54) is 0 Å². The molecule has 2 rings (SSSR count). The maximum absolute atomic E-state index is 5.20. The highest BCUT2D eigenvalue weighted by molar-refractivity contribution is 5.60. The molecular weight excluding hydrogens is 216 g/mol. The third-order valence-corrected chi connectivity index (χ3v) is 2.61. The zero-order valence-electron chi connectivity index (χ0n) is 11.2. The van der Waals surface area contributed by atoms with Crippen molar-refractivity contribution >= 4 is 0 Å². The van der Waals surface area contributed by atoms with Gasteiger partial charge >= 0.3 is 0 Å². The summed E-state index contributed by atoms with van der Waals surface area (Å²) in [5.41, 5.74) is 1.67. The number of nitrogens with zero attached hydrogens (tertiary/aromatic N) is 4. The monoisotopic (exact) mass is 234 g/mol. The minimum Gasteiger partial charge on any atom is -0.361 e. The predicted octanol–water partition coefficient (Wildman–Crippen LogP) is 2.61. The number of hydrogen-bond acceptors (Lipinski definition) is 4. The summed E-state index contributed by atoms with van der Waals surface area (Å²) in [5, 5.41) is 8.43. The van der Waals surface area contributed by atoms with Gasteiger partial charge in [-0.1, -0.05) is 5.16 Å². The average molecular weight is 234 g/mol. The average Bonchev–Trinajstić information content (AvgIpc) is 2.69. The molecule has 5 heteroatoms. The second-order valence-electron chi connectivity index (χ2n) is 5.26. The van der Waals surface area contributed by atoms with Crippen molar-refractivity contribution in [2.75, 3.05) is 0 Å². The first kappa shape index (κ1) is 11.8. The van der Waals surface area contributed by atoms with Crippen LogP contribution >= 0.6 is 0 Å². The van der Waals surface area contributed by atoms with Crippen LogP contribution in [0.5, 0.6) is 0 Å². The molecule has 0 aliphatic rings. The van der Waals surface area contributed by atoms with E-state index in [1.54, 1.807) is 0 Å². The molecule has 0 aliphatic carbocycles. The van der Waals surface area contributed by atoms with Gasteiger partial charge in [0, 0.05) is 0 Å². The van der Waals surface area contributed by atoms with E-state index in [2.05, 4.69) is 36.0 Å². The van der Waals surface area contributed by atoms with Gasteiger partial charge in [0.1, 0.15) is 11.6 Å². The summed E-state index contributed by atoms with van der Waals surface area (Å²) in [6, 6.07) is 0. The Kier molecular flexibility index (Phi) is 2.56. The molecule has 0 amide bonds. The van der Waals surface area contributed by atoms with E-state index in [1.807, 2.05) is 25.5 Å². The Morgan fingerprint density at radius 2 is 1.76 bits per heavy atom. The molecule has 2 heterocycles. The van der Waals surface area contributed by atoms with Gasteiger partial charge in [0.25, 0.3) is 0 Å². The van der Waals surface area contributed by atoms with Crippen molar-refractivity contribution in [3.8, 4) is 11.4 Å². The number of aryl methyl sites for hydroxylation is 3. The van der Waals surface area contributed by atoms with E-state index < -0.39 is 0 Å². The van der Waals surface area contributed by atoms with Crippen LogP contribution in [0.2, 0.25) is 0 Å². The zero-order chi connectivity index (χ0) is 12.8. The van der Waals surface area contributed by atoms with Gasteiger partial charge in [0.05, 0.1) is 16.8 Å². The van der Waals surface area contributed by atoms with Crippen molar-refractivity contribution in [2.24, 2.45) is 0 Å². The van der Waals surface area contributed by atoms with Gasteiger partial charge in [-0.15, -0.1) is 0 Å². The first-order valence-corrected chi connectivity index (χ1v) is 5.68. The molecular formula is C12H18N4O. The van der Waals surface area contributed by atoms with Crippen LogP contribution in [-0.4, -0.2) is 19.9 Å². The summed E-state index contributed by atoms with van der Waals surface area (Å²) in [6.45, 7) is 12.0. The lowest BCUT2D eigenvalue weighted by Gasteiger charge is -2.21. The van der Waals surface area contributed by atoms with Crippen LogP contribution < -0.4 is 0 Å². The van der Waals surface area contributed by atoms with E-state index >= 15 is 0 Å². The largest absolute Gasteiger partial charge is 0.361 e. The molecule has 17 heavy (non-hydrogen) atoms. The third-order valence-electron chi connectivity index (χ3n) is 2.61. The Balaban J connectivity index is 2.68. The second-order valence-corrected chi connectivity index (χ2v) is 5.26. The molecule has 0 atom stereocenters. The van der Waals surface area contributed by atoms with Gasteiger partial charge in [0.15, 0.2) is 5.82 Å². The molecule has 5 nitrogen and oxygen atoms in total. The molecule has 92 valence electrons. The standard InChI is InChI=1S/C12H18N4O/c1-7-10(8(2)17-15-7)11-13-9(3)14-16(11)12(4,5)6/h1-6H3. The first-order chi connectivity index (χ1) is 7.80. The molecule has 2 aromatic rings. The van der Waals surface area contributed by atoms with E-state index in [0.717, 1.165) is 28.7 Å². The normalized spacial score (nSPS) is 12.1. The highest BCUT2D eigenvalue weighted by Crippen LogP contribution is 2.28. The number of aromatic nitrogens is 4. The predicted molar refractivity (Wildman–Crippen MR) is 64.7 cm³/mol. The smallest absolute Gasteiger partial charge is 0.164 e. The third kappa shape index (κ3) is 1.97. The highest BCUT2D eigenvalue weighted by atomic mass is 16.5. The van der Waals surface area contributed by atoms with Gasteiger partial charge < -0.3 is 4.52 Å². The van der Waals surface area contributed by atoms with E-state index in [4.69, 9.17) is 4.52 Å². The van der Waals surface area contributed by atoms with Crippen molar-refractivity contribution in [3.05, 3.63) is 17.3 Å². The second kappa shape index (κ2) is 3.68. The summed E-state index contributed by atoms with van der Waals surface area (Å²) in [6.07, 6.45) is 0. The van der Waals surface area contributed by atoms with Crippen molar-refractivity contribution < 1.29 is 4.52 Å². The first-order valence-electron chi connectivity index (χ1n) is 5.68. The fraction of sp³-hybridized carbons (Fsp3) is 0.583. The maximum Gasteiger partial charge on any atom is 0.164 e. The number of rotatable bonds is 1. The van der Waals surface area contributed by atoms with E-state index in [0.29, 0.717) is 0 Å². The van der Waals surface area contributed by atoms with Crippen LogP contribution in [0.1, 0.15) is 38.0 Å². The summed E-state index contributed by atoms with van der Waals surface area (Å²) in [7, 11) is 0. The van der Waals surface area contributed by atoms with Crippen molar-refractivity contribution in [2.45, 2.75) is 47.1 Å². The molecule has 0 unspecified atom stereocenters. The Morgan fingerprint density at radius 1 is 1.12 bits per heavy atom. The van der Waals surface area contributed by atoms with Crippen LogP contribution in [0.4, 0.5) is 0 Å². The van der Waals surface area contributed by atoms with Crippen molar-refractivity contribution in [1.82, 2.24) is 19.9 Å². The maximum atomic E-state index is 5.20. The quantitative estimate of drug-likeness (QED) is 0.761. The molecule has 0 N–H and O–H groups in total. The van der Waals surface area contributed by atoms with Crippen molar-refractivity contribution in [3.63, 3.8) is 0 Å². The van der Waals surface area contributed by atoms with Crippen LogP contribution in [0, 0.1) is 20.8 Å². The topological polar surface area (TPSA) is 56.7 Å². The van der Waals surface area contributed by atoms with Gasteiger partial charge in [-0.3, -0.25) is 0 Å². The van der Waals surface area contributed by atoms with Crippen LogP contribution in [0.25, 0.3) is 11.4 Å². The van der Waals surface area contributed by atoms with Gasteiger partial charge in [-0.2, -0.15) is 5.10 Å². The molecule has 0 bridgehead atoms. The molecule has 0 fully saturated rings. The fourth-order valence-electron chi connectivity index (χ4n) is 1.85. The Morgan fingerprint density at radius 3 is 2.24 bits per heavy atom. The minimum atomic E-state index is -0.118. The molecule has 0 saturated heterocycles. The molecule has 0 aromatic carbocycles. The van der Waals surface area contributed by atoms with E-state index in [-0.39, 0.29) is 5.54 Å². The fourth-order valence-corrected chi connectivity index (χ4v) is 1.85. The van der Waals surface area contributed by atoms with Crippen LogP contribution in [0.15, 0.2) is 4.52 Å². The molecule has 0 aliphatic heterocycles. The van der Waals surface area contributed by atoms with Crippen LogP contribution in [0.3, 0.4) is 0 Å². The summed E-state index contributed by atoms with van der Waals surface area (Å²) < 4.78 is 7.12. The minimum absolute atomic E-state index is 0.118. The molecule has 0 spiro atoms. The Labute approximate surface area is 101 Å². The van der Waals surface area contributed by atoms with Gasteiger partial charge in [-0.25, -0.2) is 9.67 Å². The molecule has 0 saturated carbocycles. The lowest BCUT2D eigenvalue weighted by atomic mass is 10.1. The summed E-state index contributed by atoms with van der Waals surface area (Å²) in [4.78, 5) is 4.49. The summed E-state index contributed by atoms with van der Waals surface area (Å²) >= 11 is 0. The Hall–Kier alpha value is -1.65. The van der Waals surface area contributed by atoms with Gasteiger partial charge in [0.2, 0.25) is 0 Å². The molecule has 2 aromatic heterocycles. The number of hydrogen-bond donors (Lipinski definition) is 0. The molecule has 0 radical (unpaired) electrons. The lowest BCUT2D eigenvalue weighted by molar-refractivity contribution is 0.357. The SMILES string of the molecule is Cc1nc(-c2c(C)noc2C)n(C(C)(C)C)n1. The van der Waals surface area contributed by atoms with Crippen molar-refractivity contribution in [1.29, 1.82) is 0 Å².